The van der Waals surface area contributed by atoms with E-state index in [0.29, 0.717) is 12.4 Å². The maximum Gasteiger partial charge on any atom is 0.255 e. The molecule has 0 spiro atoms. The smallest absolute Gasteiger partial charge is 0.255 e. The highest BCUT2D eigenvalue weighted by atomic mass is 16.5. The molecule has 0 radical (unpaired) electrons. The Hall–Kier alpha value is -2.53. The monoisotopic (exact) mass is 314 g/mol. The molecule has 2 aromatic carbocycles. The number of para-hydroxylation sites is 1. The zero-order valence-electron chi connectivity index (χ0n) is 13.3. The van der Waals surface area contributed by atoms with Crippen LogP contribution < -0.4 is 15.2 Å². The Morgan fingerprint density at radius 2 is 1.65 bits per heavy atom. The fourth-order valence-electron chi connectivity index (χ4n) is 2.07. The van der Waals surface area contributed by atoms with E-state index in [0.717, 1.165) is 18.8 Å². The van der Waals surface area contributed by atoms with Crippen LogP contribution in [-0.4, -0.2) is 37.6 Å². The first-order valence-electron chi connectivity index (χ1n) is 7.50. The SMILES string of the molecule is CN(CCOc1ccccc1)Cc1ccc(OCC(N)=O)cc1. The molecule has 122 valence electrons. The van der Waals surface area contributed by atoms with Gasteiger partial charge >= 0.3 is 0 Å². The lowest BCUT2D eigenvalue weighted by Gasteiger charge is -2.17. The number of hydrogen-bond acceptors (Lipinski definition) is 4. The second-order valence-electron chi connectivity index (χ2n) is 5.30. The third kappa shape index (κ3) is 6.40. The van der Waals surface area contributed by atoms with Gasteiger partial charge in [0.05, 0.1) is 0 Å². The van der Waals surface area contributed by atoms with Gasteiger partial charge in [-0.2, -0.15) is 0 Å². The summed E-state index contributed by atoms with van der Waals surface area (Å²) in [6, 6.07) is 17.4. The van der Waals surface area contributed by atoms with Gasteiger partial charge in [0.1, 0.15) is 18.1 Å². The van der Waals surface area contributed by atoms with Gasteiger partial charge in [-0.3, -0.25) is 9.69 Å². The van der Waals surface area contributed by atoms with Crippen molar-refractivity contribution in [1.29, 1.82) is 0 Å². The summed E-state index contributed by atoms with van der Waals surface area (Å²) >= 11 is 0. The number of hydrogen-bond donors (Lipinski definition) is 1. The lowest BCUT2D eigenvalue weighted by Crippen LogP contribution is -2.23. The van der Waals surface area contributed by atoms with Gasteiger partial charge in [0.15, 0.2) is 6.61 Å². The Balaban J connectivity index is 1.72. The molecule has 0 fully saturated rings. The lowest BCUT2D eigenvalue weighted by molar-refractivity contribution is -0.119. The largest absolute Gasteiger partial charge is 0.492 e. The third-order valence-electron chi connectivity index (χ3n) is 3.24. The van der Waals surface area contributed by atoms with Crippen LogP contribution in [0.3, 0.4) is 0 Å². The van der Waals surface area contributed by atoms with Crippen LogP contribution in [0.25, 0.3) is 0 Å². The van der Waals surface area contributed by atoms with Gasteiger partial charge in [-0.1, -0.05) is 30.3 Å². The summed E-state index contributed by atoms with van der Waals surface area (Å²) in [7, 11) is 2.05. The first-order valence-corrected chi connectivity index (χ1v) is 7.50. The molecule has 2 N–H and O–H groups in total. The first-order chi connectivity index (χ1) is 11.1. The molecule has 0 aromatic heterocycles. The number of primary amides is 1. The number of carbonyl (C=O) groups is 1. The number of nitrogens with two attached hydrogens (primary N) is 1. The summed E-state index contributed by atoms with van der Waals surface area (Å²) in [6.07, 6.45) is 0. The van der Waals surface area contributed by atoms with Gasteiger partial charge in [-0.15, -0.1) is 0 Å². The van der Waals surface area contributed by atoms with Crippen LogP contribution in [0.15, 0.2) is 54.6 Å². The van der Waals surface area contributed by atoms with E-state index < -0.39 is 5.91 Å². The van der Waals surface area contributed by atoms with E-state index in [1.807, 2.05) is 61.6 Å². The molecule has 0 heterocycles. The minimum atomic E-state index is -0.479. The van der Waals surface area contributed by atoms with Gasteiger partial charge in [0, 0.05) is 13.1 Å². The Morgan fingerprint density at radius 3 is 2.30 bits per heavy atom. The van der Waals surface area contributed by atoms with Crippen molar-refractivity contribution in [3.05, 3.63) is 60.2 Å². The highest BCUT2D eigenvalue weighted by Gasteiger charge is 2.02. The number of carbonyl (C=O) groups excluding carboxylic acids is 1. The molecule has 0 unspecified atom stereocenters. The summed E-state index contributed by atoms with van der Waals surface area (Å²) in [6.45, 7) is 2.18. The average Bonchev–Trinajstić information content (AvgIpc) is 2.55. The molecule has 0 bridgehead atoms. The van der Waals surface area contributed by atoms with Crippen molar-refractivity contribution >= 4 is 5.91 Å². The Bertz CT molecular complexity index is 599. The maximum atomic E-state index is 10.7. The predicted molar refractivity (Wildman–Crippen MR) is 89.4 cm³/mol. The zero-order valence-corrected chi connectivity index (χ0v) is 13.3. The minimum Gasteiger partial charge on any atom is -0.492 e. The zero-order chi connectivity index (χ0) is 16.5. The van der Waals surface area contributed by atoms with Gasteiger partial charge in [-0.05, 0) is 36.9 Å². The van der Waals surface area contributed by atoms with Crippen molar-refractivity contribution in [3.63, 3.8) is 0 Å². The predicted octanol–water partition coefficient (Wildman–Crippen LogP) is 2.06. The van der Waals surface area contributed by atoms with Gasteiger partial charge in [-0.25, -0.2) is 0 Å². The Morgan fingerprint density at radius 1 is 1.00 bits per heavy atom. The van der Waals surface area contributed by atoms with Crippen molar-refractivity contribution in [1.82, 2.24) is 4.90 Å². The summed E-state index contributed by atoms with van der Waals surface area (Å²) in [5.74, 6) is 1.05. The topological polar surface area (TPSA) is 64.8 Å². The highest BCUT2D eigenvalue weighted by Crippen LogP contribution is 2.13. The summed E-state index contributed by atoms with van der Waals surface area (Å²) < 4.78 is 10.9. The number of amides is 1. The lowest BCUT2D eigenvalue weighted by atomic mass is 10.2. The Kier molecular flexibility index (Phi) is 6.44. The molecule has 5 nitrogen and oxygen atoms in total. The number of benzene rings is 2. The molecule has 0 saturated heterocycles. The average molecular weight is 314 g/mol. The number of nitrogens with zero attached hydrogens (tertiary/aromatic N) is 1. The van der Waals surface area contributed by atoms with Crippen molar-refractivity contribution < 1.29 is 14.3 Å². The number of likely N-dealkylation sites (N-methyl/N-ethyl adjacent to an activating group) is 1. The third-order valence-corrected chi connectivity index (χ3v) is 3.24. The normalized spacial score (nSPS) is 10.5. The minimum absolute atomic E-state index is 0.101. The van der Waals surface area contributed by atoms with E-state index >= 15 is 0 Å². The van der Waals surface area contributed by atoms with Gasteiger partial charge < -0.3 is 15.2 Å². The molecule has 0 aliphatic carbocycles. The molecule has 1 amide bonds. The molecule has 5 heteroatoms. The van der Waals surface area contributed by atoms with Crippen LogP contribution in [0.1, 0.15) is 5.56 Å². The van der Waals surface area contributed by atoms with E-state index in [1.165, 1.54) is 5.56 Å². The summed E-state index contributed by atoms with van der Waals surface area (Å²) in [5, 5.41) is 0. The molecule has 2 rings (SSSR count). The van der Waals surface area contributed by atoms with E-state index in [-0.39, 0.29) is 6.61 Å². The first kappa shape index (κ1) is 16.8. The van der Waals surface area contributed by atoms with E-state index in [4.69, 9.17) is 15.2 Å². The standard InChI is InChI=1S/C18H22N2O3/c1-20(11-12-22-16-5-3-2-4-6-16)13-15-7-9-17(10-8-15)23-14-18(19)21/h2-10H,11-14H2,1H3,(H2,19,21). The van der Waals surface area contributed by atoms with E-state index in [9.17, 15) is 4.79 Å². The molecule has 0 aliphatic rings. The molecular weight excluding hydrogens is 292 g/mol. The quantitative estimate of drug-likeness (QED) is 0.769. The Labute approximate surface area is 136 Å². The molecule has 0 aliphatic heterocycles. The molecule has 23 heavy (non-hydrogen) atoms. The van der Waals surface area contributed by atoms with E-state index in [2.05, 4.69) is 4.90 Å². The summed E-state index contributed by atoms with van der Waals surface area (Å²) in [4.78, 5) is 12.8. The second kappa shape index (κ2) is 8.80. The van der Waals surface area contributed by atoms with E-state index in [1.54, 1.807) is 0 Å². The molecular formula is C18H22N2O3. The van der Waals surface area contributed by atoms with Crippen LogP contribution in [0.5, 0.6) is 11.5 Å². The summed E-state index contributed by atoms with van der Waals surface area (Å²) in [5.41, 5.74) is 6.21. The van der Waals surface area contributed by atoms with Crippen molar-refractivity contribution in [2.75, 3.05) is 26.8 Å². The fourth-order valence-corrected chi connectivity index (χ4v) is 2.07. The number of rotatable bonds is 9. The van der Waals surface area contributed by atoms with Crippen LogP contribution >= 0.6 is 0 Å². The second-order valence-corrected chi connectivity index (χ2v) is 5.30. The molecule has 0 atom stereocenters. The maximum absolute atomic E-state index is 10.7. The van der Waals surface area contributed by atoms with Crippen molar-refractivity contribution in [2.45, 2.75) is 6.54 Å². The van der Waals surface area contributed by atoms with Crippen molar-refractivity contribution in [2.24, 2.45) is 5.73 Å². The van der Waals surface area contributed by atoms with Crippen molar-refractivity contribution in [3.8, 4) is 11.5 Å². The van der Waals surface area contributed by atoms with Crippen LogP contribution in [-0.2, 0) is 11.3 Å². The van der Waals surface area contributed by atoms with Crippen LogP contribution in [0.2, 0.25) is 0 Å². The van der Waals surface area contributed by atoms with Crippen LogP contribution in [0, 0.1) is 0 Å². The number of ether oxygens (including phenoxy) is 2. The highest BCUT2D eigenvalue weighted by molar-refractivity contribution is 5.75. The van der Waals surface area contributed by atoms with Crippen LogP contribution in [0.4, 0.5) is 0 Å². The molecule has 2 aromatic rings. The fraction of sp³-hybridized carbons (Fsp3) is 0.278. The molecule has 0 saturated carbocycles. The van der Waals surface area contributed by atoms with Gasteiger partial charge in [0.2, 0.25) is 0 Å². The van der Waals surface area contributed by atoms with Gasteiger partial charge in [0.25, 0.3) is 5.91 Å².